The van der Waals surface area contributed by atoms with Crippen LogP contribution in [0.4, 0.5) is 17.6 Å². The Morgan fingerprint density at radius 1 is 1.23 bits per heavy atom. The van der Waals surface area contributed by atoms with Crippen molar-refractivity contribution in [1.29, 1.82) is 0 Å². The monoisotopic (exact) mass is 436 g/mol. The largest absolute Gasteiger partial charge is 0.471 e. The molecule has 0 fully saturated rings. The lowest BCUT2D eigenvalue weighted by molar-refractivity contribution is -0.159. The van der Waals surface area contributed by atoms with Crippen molar-refractivity contribution in [3.05, 3.63) is 71.4 Å². The lowest BCUT2D eigenvalue weighted by atomic mass is 10.1. The SMILES string of the molecule is CC(/C=N\OCc1ccccc1F)NC(=O)c1ccc(-c2noc(C(F)(F)F)n2)cc1. The molecular formula is C20H16F4N4O3. The number of nitrogens with one attached hydrogen (secondary N) is 1. The zero-order valence-corrected chi connectivity index (χ0v) is 16.1. The summed E-state index contributed by atoms with van der Waals surface area (Å²) in [5.74, 6) is -2.54. The molecule has 0 aliphatic heterocycles. The standard InChI is InChI=1S/C20H16F4N4O3/c1-12(10-25-30-11-15-4-2-3-5-16(15)21)26-18(29)14-8-6-13(7-9-14)17-27-19(31-28-17)20(22,23)24/h2-10,12H,11H2,1H3,(H,26,29)/b25-10-. The van der Waals surface area contributed by atoms with E-state index in [9.17, 15) is 22.4 Å². The first kappa shape index (κ1) is 21.9. The highest BCUT2D eigenvalue weighted by Gasteiger charge is 2.38. The van der Waals surface area contributed by atoms with E-state index < -0.39 is 29.8 Å². The van der Waals surface area contributed by atoms with Gasteiger partial charge in [0.2, 0.25) is 5.82 Å². The minimum atomic E-state index is -4.73. The highest BCUT2D eigenvalue weighted by Crippen LogP contribution is 2.29. The Morgan fingerprint density at radius 2 is 1.94 bits per heavy atom. The fourth-order valence-corrected chi connectivity index (χ4v) is 2.41. The number of carbonyl (C=O) groups is 1. The van der Waals surface area contributed by atoms with Gasteiger partial charge in [-0.05, 0) is 25.1 Å². The topological polar surface area (TPSA) is 89.6 Å². The third-order valence-electron chi connectivity index (χ3n) is 3.97. The highest BCUT2D eigenvalue weighted by atomic mass is 19.4. The molecule has 2 aromatic carbocycles. The Morgan fingerprint density at radius 3 is 2.58 bits per heavy atom. The first-order chi connectivity index (χ1) is 14.7. The molecule has 162 valence electrons. The van der Waals surface area contributed by atoms with E-state index in [4.69, 9.17) is 4.84 Å². The number of hydrogen-bond acceptors (Lipinski definition) is 6. The number of rotatable bonds is 7. The molecule has 0 saturated carbocycles. The first-order valence-electron chi connectivity index (χ1n) is 8.95. The summed E-state index contributed by atoms with van der Waals surface area (Å²) < 4.78 is 55.3. The zero-order chi connectivity index (χ0) is 22.4. The van der Waals surface area contributed by atoms with Crippen LogP contribution in [0.2, 0.25) is 0 Å². The van der Waals surface area contributed by atoms with Crippen LogP contribution in [0.3, 0.4) is 0 Å². The smallest absolute Gasteiger partial charge is 0.391 e. The van der Waals surface area contributed by atoms with Gasteiger partial charge in [0.25, 0.3) is 5.91 Å². The molecule has 0 saturated heterocycles. The van der Waals surface area contributed by atoms with Crippen molar-refractivity contribution in [1.82, 2.24) is 15.5 Å². The Balaban J connectivity index is 1.53. The average Bonchev–Trinajstić information content (AvgIpc) is 3.23. The number of alkyl halides is 3. The zero-order valence-electron chi connectivity index (χ0n) is 16.1. The fourth-order valence-electron chi connectivity index (χ4n) is 2.41. The molecule has 0 aliphatic rings. The molecule has 11 heteroatoms. The lowest BCUT2D eigenvalue weighted by Gasteiger charge is -2.09. The Bertz CT molecular complexity index is 1060. The Labute approximate surface area is 173 Å². The normalized spacial score (nSPS) is 12.7. The van der Waals surface area contributed by atoms with Crippen LogP contribution >= 0.6 is 0 Å². The summed E-state index contributed by atoms with van der Waals surface area (Å²) in [7, 11) is 0. The van der Waals surface area contributed by atoms with E-state index in [1.54, 1.807) is 25.1 Å². The number of nitrogens with zero attached hydrogens (tertiary/aromatic N) is 3. The van der Waals surface area contributed by atoms with E-state index in [2.05, 4.69) is 25.1 Å². The van der Waals surface area contributed by atoms with Gasteiger partial charge in [0.1, 0.15) is 12.4 Å². The van der Waals surface area contributed by atoms with E-state index in [1.807, 2.05) is 0 Å². The third-order valence-corrected chi connectivity index (χ3v) is 3.97. The van der Waals surface area contributed by atoms with Crippen LogP contribution in [0.5, 0.6) is 0 Å². The van der Waals surface area contributed by atoms with Crippen molar-refractivity contribution in [2.45, 2.75) is 25.7 Å². The summed E-state index contributed by atoms with van der Waals surface area (Å²) in [5, 5.41) is 9.64. The molecule has 1 N–H and O–H groups in total. The van der Waals surface area contributed by atoms with Crippen molar-refractivity contribution in [3.63, 3.8) is 0 Å². The van der Waals surface area contributed by atoms with E-state index in [-0.39, 0.29) is 23.6 Å². The van der Waals surface area contributed by atoms with Crippen molar-refractivity contribution in [3.8, 4) is 11.4 Å². The van der Waals surface area contributed by atoms with E-state index in [0.717, 1.165) is 0 Å². The summed E-state index contributed by atoms with van der Waals surface area (Å²) in [6.45, 7) is 1.59. The van der Waals surface area contributed by atoms with Crippen molar-refractivity contribution in [2.75, 3.05) is 0 Å². The number of hydrogen-bond donors (Lipinski definition) is 1. The molecule has 31 heavy (non-hydrogen) atoms. The van der Waals surface area contributed by atoms with Gasteiger partial charge in [-0.15, -0.1) is 0 Å². The molecule has 1 aromatic heterocycles. The summed E-state index contributed by atoms with van der Waals surface area (Å²) >= 11 is 0. The number of aromatic nitrogens is 2. The van der Waals surface area contributed by atoms with Gasteiger partial charge in [-0.2, -0.15) is 18.2 Å². The molecule has 7 nitrogen and oxygen atoms in total. The molecule has 0 radical (unpaired) electrons. The van der Waals surface area contributed by atoms with Crippen LogP contribution in [-0.2, 0) is 17.6 Å². The second kappa shape index (κ2) is 9.37. The first-order valence-corrected chi connectivity index (χ1v) is 8.95. The lowest BCUT2D eigenvalue weighted by Crippen LogP contribution is -2.33. The van der Waals surface area contributed by atoms with Crippen molar-refractivity contribution in [2.24, 2.45) is 5.16 Å². The van der Waals surface area contributed by atoms with Gasteiger partial charge in [0.05, 0.1) is 12.3 Å². The maximum absolute atomic E-state index is 13.5. The van der Waals surface area contributed by atoms with Gasteiger partial charge in [0.15, 0.2) is 0 Å². The number of benzene rings is 2. The molecule has 0 aliphatic carbocycles. The molecule has 1 unspecified atom stereocenters. The Kier molecular flexibility index (Phi) is 6.63. The second-order valence-corrected chi connectivity index (χ2v) is 6.38. The van der Waals surface area contributed by atoms with Crippen molar-refractivity contribution < 1.29 is 31.7 Å². The van der Waals surface area contributed by atoms with Gasteiger partial charge in [-0.3, -0.25) is 4.79 Å². The summed E-state index contributed by atoms with van der Waals surface area (Å²) in [5.41, 5.74) is 0.864. The van der Waals surface area contributed by atoms with Gasteiger partial charge >= 0.3 is 12.1 Å². The second-order valence-electron chi connectivity index (χ2n) is 6.38. The van der Waals surface area contributed by atoms with Gasteiger partial charge in [0, 0.05) is 16.7 Å². The molecule has 0 spiro atoms. The predicted octanol–water partition coefficient (Wildman–Crippen LogP) is 4.22. The fraction of sp³-hybridized carbons (Fsp3) is 0.200. The van der Waals surface area contributed by atoms with Crippen LogP contribution in [0, 0.1) is 5.82 Å². The molecule has 3 aromatic rings. The third kappa shape index (κ3) is 5.87. The summed E-state index contributed by atoms with van der Waals surface area (Å²) in [6, 6.07) is 11.2. The number of amides is 1. The molecule has 0 bridgehead atoms. The van der Waals surface area contributed by atoms with Gasteiger partial charge in [-0.1, -0.05) is 40.6 Å². The van der Waals surface area contributed by atoms with Crippen molar-refractivity contribution >= 4 is 12.1 Å². The molecule has 1 amide bonds. The molecule has 1 heterocycles. The maximum Gasteiger partial charge on any atom is 0.471 e. The number of oxime groups is 1. The highest BCUT2D eigenvalue weighted by molar-refractivity contribution is 5.96. The van der Waals surface area contributed by atoms with Crippen LogP contribution in [0.25, 0.3) is 11.4 Å². The van der Waals surface area contributed by atoms with Crippen LogP contribution in [-0.4, -0.2) is 28.3 Å². The van der Waals surface area contributed by atoms with Crippen LogP contribution in [0.15, 0.2) is 58.2 Å². The number of carbonyl (C=O) groups excluding carboxylic acids is 1. The van der Waals surface area contributed by atoms with Gasteiger partial charge in [-0.25, -0.2) is 4.39 Å². The van der Waals surface area contributed by atoms with E-state index >= 15 is 0 Å². The maximum atomic E-state index is 13.5. The minimum Gasteiger partial charge on any atom is -0.391 e. The summed E-state index contributed by atoms with van der Waals surface area (Å²) in [4.78, 5) is 20.6. The quantitative estimate of drug-likeness (QED) is 0.340. The average molecular weight is 436 g/mol. The summed E-state index contributed by atoms with van der Waals surface area (Å²) in [6.07, 6.45) is -3.40. The van der Waals surface area contributed by atoms with Crippen LogP contribution in [0.1, 0.15) is 28.7 Å². The Hall–Kier alpha value is -3.76. The van der Waals surface area contributed by atoms with E-state index in [1.165, 1.54) is 36.5 Å². The molecule has 1 atom stereocenters. The molecule has 3 rings (SSSR count). The predicted molar refractivity (Wildman–Crippen MR) is 101 cm³/mol. The minimum absolute atomic E-state index is 0.0581. The van der Waals surface area contributed by atoms with Gasteiger partial charge < -0.3 is 14.7 Å². The molecular weight excluding hydrogens is 420 g/mol. The van der Waals surface area contributed by atoms with E-state index in [0.29, 0.717) is 5.56 Å². The number of halogens is 4. The van der Waals surface area contributed by atoms with Crippen LogP contribution < -0.4 is 5.32 Å².